The molecule has 0 saturated carbocycles. The molecule has 1 aromatic rings. The summed E-state index contributed by atoms with van der Waals surface area (Å²) >= 11 is 0. The number of ether oxygens (including phenoxy) is 1. The molecule has 0 spiro atoms. The van der Waals surface area contributed by atoms with Gasteiger partial charge < -0.3 is 9.84 Å². The number of hydrogen-bond acceptors (Lipinski definition) is 4. The van der Waals surface area contributed by atoms with Crippen molar-refractivity contribution in [2.75, 3.05) is 19.8 Å². The minimum atomic E-state index is -3.55. The van der Waals surface area contributed by atoms with Crippen LogP contribution in [0.25, 0.3) is 6.08 Å². The maximum Gasteiger partial charge on any atom is 0.328 e. The highest BCUT2D eigenvalue weighted by Crippen LogP contribution is 2.21. The summed E-state index contributed by atoms with van der Waals surface area (Å²) in [5.41, 5.74) is 0.631. The number of nitrogens with zero attached hydrogens (tertiary/aromatic N) is 1. The summed E-state index contributed by atoms with van der Waals surface area (Å²) in [4.78, 5) is 10.6. The first-order valence-corrected chi connectivity index (χ1v) is 7.96. The van der Waals surface area contributed by atoms with E-state index in [4.69, 9.17) is 9.84 Å². The number of hydrogen-bond donors (Lipinski definition) is 1. The average molecular weight is 311 g/mol. The highest BCUT2D eigenvalue weighted by Gasteiger charge is 2.31. The Morgan fingerprint density at radius 1 is 1.38 bits per heavy atom. The molecule has 21 heavy (non-hydrogen) atoms. The van der Waals surface area contributed by atoms with Crippen LogP contribution in [-0.4, -0.2) is 49.6 Å². The van der Waals surface area contributed by atoms with E-state index >= 15 is 0 Å². The first-order valence-electron chi connectivity index (χ1n) is 6.52. The number of rotatable bonds is 4. The fraction of sp³-hybridized carbons (Fsp3) is 0.357. The molecule has 0 amide bonds. The smallest absolute Gasteiger partial charge is 0.328 e. The molecule has 1 saturated heterocycles. The molecule has 1 aliphatic heterocycles. The summed E-state index contributed by atoms with van der Waals surface area (Å²) in [6.07, 6.45) is 2.42. The molecule has 1 unspecified atom stereocenters. The van der Waals surface area contributed by atoms with Crippen LogP contribution in [0.2, 0.25) is 0 Å². The van der Waals surface area contributed by atoms with E-state index in [1.165, 1.54) is 22.5 Å². The molecule has 1 aliphatic rings. The van der Waals surface area contributed by atoms with E-state index < -0.39 is 16.0 Å². The van der Waals surface area contributed by atoms with Gasteiger partial charge in [-0.25, -0.2) is 13.2 Å². The van der Waals surface area contributed by atoms with Crippen LogP contribution in [0, 0.1) is 0 Å². The molecular formula is C14H17NO5S. The van der Waals surface area contributed by atoms with Crippen molar-refractivity contribution in [2.45, 2.75) is 17.9 Å². The minimum absolute atomic E-state index is 0.198. The van der Waals surface area contributed by atoms with Gasteiger partial charge in [0, 0.05) is 18.7 Å². The standard InChI is InChI=1S/C14H17NO5S/c1-11-10-20-9-8-15(11)21(18,19)13-5-2-12(3-6-13)4-7-14(16)17/h2-7,11H,8-10H2,1H3,(H,16,17)/b7-4+. The van der Waals surface area contributed by atoms with Gasteiger partial charge in [-0.15, -0.1) is 0 Å². The van der Waals surface area contributed by atoms with E-state index in [0.717, 1.165) is 6.08 Å². The van der Waals surface area contributed by atoms with Crippen molar-refractivity contribution in [1.29, 1.82) is 0 Å². The Labute approximate surface area is 123 Å². The maximum absolute atomic E-state index is 12.5. The predicted octanol–water partition coefficient (Wildman–Crippen LogP) is 1.19. The number of aliphatic carboxylic acids is 1. The Bertz CT molecular complexity index is 636. The zero-order chi connectivity index (χ0) is 15.5. The fourth-order valence-corrected chi connectivity index (χ4v) is 3.72. The Morgan fingerprint density at radius 2 is 2.05 bits per heavy atom. The van der Waals surface area contributed by atoms with E-state index in [2.05, 4.69) is 0 Å². The van der Waals surface area contributed by atoms with Gasteiger partial charge in [0.1, 0.15) is 0 Å². The predicted molar refractivity (Wildman–Crippen MR) is 77.3 cm³/mol. The lowest BCUT2D eigenvalue weighted by Gasteiger charge is -2.32. The highest BCUT2D eigenvalue weighted by atomic mass is 32.2. The second-order valence-corrected chi connectivity index (χ2v) is 6.67. The molecular weight excluding hydrogens is 294 g/mol. The molecule has 1 fully saturated rings. The second kappa shape index (κ2) is 6.38. The summed E-state index contributed by atoms with van der Waals surface area (Å²) < 4.78 is 31.7. The van der Waals surface area contributed by atoms with Crippen LogP contribution in [-0.2, 0) is 19.6 Å². The molecule has 0 radical (unpaired) electrons. The van der Waals surface area contributed by atoms with Crippen LogP contribution in [0.5, 0.6) is 0 Å². The lowest BCUT2D eigenvalue weighted by molar-refractivity contribution is -0.131. The molecule has 1 heterocycles. The van der Waals surface area contributed by atoms with Gasteiger partial charge in [-0.3, -0.25) is 0 Å². The zero-order valence-electron chi connectivity index (χ0n) is 11.6. The molecule has 1 N–H and O–H groups in total. The average Bonchev–Trinajstić information content (AvgIpc) is 2.46. The van der Waals surface area contributed by atoms with Crippen molar-refractivity contribution in [2.24, 2.45) is 0 Å². The van der Waals surface area contributed by atoms with E-state index in [1.807, 2.05) is 0 Å². The first-order chi connectivity index (χ1) is 9.91. The van der Waals surface area contributed by atoms with Gasteiger partial charge in [-0.2, -0.15) is 4.31 Å². The van der Waals surface area contributed by atoms with Crippen molar-refractivity contribution in [3.8, 4) is 0 Å². The van der Waals surface area contributed by atoms with Crippen molar-refractivity contribution >= 4 is 22.1 Å². The molecule has 0 aliphatic carbocycles. The largest absolute Gasteiger partial charge is 0.478 e. The Kier molecular flexibility index (Phi) is 4.76. The van der Waals surface area contributed by atoms with E-state index in [0.29, 0.717) is 25.3 Å². The van der Waals surface area contributed by atoms with Crippen molar-refractivity contribution < 1.29 is 23.1 Å². The Balaban J connectivity index is 2.22. The van der Waals surface area contributed by atoms with Crippen LogP contribution in [0.15, 0.2) is 35.2 Å². The number of carboxylic acid groups (broad SMARTS) is 1. The van der Waals surface area contributed by atoms with Gasteiger partial charge >= 0.3 is 5.97 Å². The number of morpholine rings is 1. The topological polar surface area (TPSA) is 83.9 Å². The molecule has 1 aromatic carbocycles. The molecule has 2 rings (SSSR count). The molecule has 6 nitrogen and oxygen atoms in total. The molecule has 0 aromatic heterocycles. The van der Waals surface area contributed by atoms with Crippen molar-refractivity contribution in [3.05, 3.63) is 35.9 Å². The summed E-state index contributed by atoms with van der Waals surface area (Å²) in [5, 5.41) is 8.56. The maximum atomic E-state index is 12.5. The van der Waals surface area contributed by atoms with Gasteiger partial charge in [-0.05, 0) is 30.7 Å². The normalized spacial score (nSPS) is 20.7. The summed E-state index contributed by atoms with van der Waals surface area (Å²) in [6.45, 7) is 2.92. The third kappa shape index (κ3) is 3.69. The third-order valence-corrected chi connectivity index (χ3v) is 5.24. The fourth-order valence-electron chi connectivity index (χ4n) is 2.12. The van der Waals surface area contributed by atoms with Gasteiger partial charge in [0.05, 0.1) is 18.1 Å². The Morgan fingerprint density at radius 3 is 2.62 bits per heavy atom. The van der Waals surface area contributed by atoms with Crippen LogP contribution in [0.3, 0.4) is 0 Å². The van der Waals surface area contributed by atoms with Crippen LogP contribution < -0.4 is 0 Å². The third-order valence-electron chi connectivity index (χ3n) is 3.21. The van der Waals surface area contributed by atoms with Crippen LogP contribution in [0.1, 0.15) is 12.5 Å². The number of carbonyl (C=O) groups is 1. The van der Waals surface area contributed by atoms with Crippen molar-refractivity contribution in [3.63, 3.8) is 0 Å². The van der Waals surface area contributed by atoms with Gasteiger partial charge in [0.2, 0.25) is 10.0 Å². The number of sulfonamides is 1. The lowest BCUT2D eigenvalue weighted by atomic mass is 10.2. The van der Waals surface area contributed by atoms with Gasteiger partial charge in [-0.1, -0.05) is 12.1 Å². The molecule has 114 valence electrons. The first kappa shape index (κ1) is 15.7. The van der Waals surface area contributed by atoms with E-state index in [1.54, 1.807) is 19.1 Å². The monoisotopic (exact) mass is 311 g/mol. The van der Waals surface area contributed by atoms with Crippen LogP contribution >= 0.6 is 0 Å². The van der Waals surface area contributed by atoms with Crippen LogP contribution in [0.4, 0.5) is 0 Å². The lowest BCUT2D eigenvalue weighted by Crippen LogP contribution is -2.46. The highest BCUT2D eigenvalue weighted by molar-refractivity contribution is 7.89. The summed E-state index contributed by atoms with van der Waals surface area (Å²) in [7, 11) is -3.55. The quantitative estimate of drug-likeness (QED) is 0.845. The van der Waals surface area contributed by atoms with E-state index in [-0.39, 0.29) is 10.9 Å². The summed E-state index contributed by atoms with van der Waals surface area (Å²) in [6, 6.07) is 5.93. The van der Waals surface area contributed by atoms with Crippen molar-refractivity contribution in [1.82, 2.24) is 4.31 Å². The zero-order valence-corrected chi connectivity index (χ0v) is 12.4. The second-order valence-electron chi connectivity index (χ2n) is 4.78. The summed E-state index contributed by atoms with van der Waals surface area (Å²) in [5.74, 6) is -1.05. The SMILES string of the molecule is CC1COCCN1S(=O)(=O)c1ccc(/C=C/C(=O)O)cc1. The molecule has 0 bridgehead atoms. The molecule has 1 atom stereocenters. The number of carboxylic acids is 1. The van der Waals surface area contributed by atoms with Gasteiger partial charge in [0.15, 0.2) is 0 Å². The number of benzene rings is 1. The Hall–Kier alpha value is -1.70. The minimum Gasteiger partial charge on any atom is -0.478 e. The molecule has 7 heteroatoms. The van der Waals surface area contributed by atoms with E-state index in [9.17, 15) is 13.2 Å². The van der Waals surface area contributed by atoms with Gasteiger partial charge in [0.25, 0.3) is 0 Å².